The number of hydrogen-bond donors (Lipinski definition) is 1. The lowest BCUT2D eigenvalue weighted by Crippen LogP contribution is -2.33. The van der Waals surface area contributed by atoms with E-state index in [1.165, 1.54) is 11.0 Å². The van der Waals surface area contributed by atoms with Gasteiger partial charge in [-0.15, -0.1) is 15.7 Å². The van der Waals surface area contributed by atoms with Gasteiger partial charge in [0.2, 0.25) is 11.8 Å². The average Bonchev–Trinajstić information content (AvgIpc) is 3.44. The highest BCUT2D eigenvalue weighted by molar-refractivity contribution is 8.16. The standard InChI is InChI=1S/C22H19N3O5S3/c1-30-17-11-9-15(10-12-17)23-19(26)14-18-21(27)25(16-6-3-2-4-7-16)22(32-18)24-33(28,29)20-8-5-13-31-20/h2-13,18H,14H2,1H3,(H,23,26)/b24-22-. The van der Waals surface area contributed by atoms with Crippen LogP contribution in [-0.2, 0) is 19.6 Å². The van der Waals surface area contributed by atoms with Crippen molar-refractivity contribution in [1.82, 2.24) is 0 Å². The number of rotatable bonds is 7. The predicted molar refractivity (Wildman–Crippen MR) is 130 cm³/mol. The zero-order valence-corrected chi connectivity index (χ0v) is 19.8. The molecule has 1 aromatic heterocycles. The smallest absolute Gasteiger partial charge is 0.294 e. The van der Waals surface area contributed by atoms with Gasteiger partial charge >= 0.3 is 0 Å². The number of amides is 2. The molecule has 0 saturated carbocycles. The molecule has 2 heterocycles. The number of sulfonamides is 1. The summed E-state index contributed by atoms with van der Waals surface area (Å²) in [7, 11) is -2.44. The molecular weight excluding hydrogens is 482 g/mol. The molecule has 1 atom stereocenters. The van der Waals surface area contributed by atoms with Gasteiger partial charge in [0.1, 0.15) is 15.2 Å². The van der Waals surface area contributed by atoms with Crippen LogP contribution in [0.3, 0.4) is 0 Å². The Morgan fingerprint density at radius 1 is 1.09 bits per heavy atom. The first-order valence-electron chi connectivity index (χ1n) is 9.75. The lowest BCUT2D eigenvalue weighted by Gasteiger charge is -2.16. The van der Waals surface area contributed by atoms with Crippen LogP contribution in [0.25, 0.3) is 0 Å². The number of thioether (sulfide) groups is 1. The number of ether oxygens (including phenoxy) is 1. The van der Waals surface area contributed by atoms with Gasteiger partial charge < -0.3 is 10.1 Å². The molecule has 0 radical (unpaired) electrons. The van der Waals surface area contributed by atoms with Gasteiger partial charge in [-0.25, -0.2) is 0 Å². The second-order valence-corrected chi connectivity index (χ2v) is 10.8. The Labute approximate surface area is 199 Å². The maximum Gasteiger partial charge on any atom is 0.294 e. The van der Waals surface area contributed by atoms with E-state index in [0.29, 0.717) is 17.1 Å². The normalized spacial score (nSPS) is 17.4. The summed E-state index contributed by atoms with van der Waals surface area (Å²) in [6.07, 6.45) is -0.142. The van der Waals surface area contributed by atoms with Crippen molar-refractivity contribution in [2.75, 3.05) is 17.3 Å². The topological polar surface area (TPSA) is 105 Å². The molecule has 1 aliphatic rings. The molecule has 3 aromatic rings. The fourth-order valence-corrected chi connectivity index (χ4v) is 6.39. The van der Waals surface area contributed by atoms with Crippen LogP contribution in [0.15, 0.2) is 80.7 Å². The number of amidine groups is 1. The molecule has 33 heavy (non-hydrogen) atoms. The van der Waals surface area contributed by atoms with Crippen molar-refractivity contribution < 1.29 is 22.7 Å². The summed E-state index contributed by atoms with van der Waals surface area (Å²) < 4.78 is 34.6. The van der Waals surface area contributed by atoms with E-state index >= 15 is 0 Å². The molecule has 4 rings (SSSR count). The first kappa shape index (κ1) is 23.0. The maximum absolute atomic E-state index is 13.2. The minimum absolute atomic E-state index is 0.0156. The van der Waals surface area contributed by atoms with Crippen molar-refractivity contribution in [2.24, 2.45) is 4.40 Å². The Morgan fingerprint density at radius 3 is 2.45 bits per heavy atom. The summed E-state index contributed by atoms with van der Waals surface area (Å²) in [4.78, 5) is 27.1. The number of carbonyl (C=O) groups excluding carboxylic acids is 2. The van der Waals surface area contributed by atoms with Gasteiger partial charge in [-0.1, -0.05) is 36.0 Å². The van der Waals surface area contributed by atoms with E-state index in [9.17, 15) is 18.0 Å². The number of anilines is 2. The summed E-state index contributed by atoms with van der Waals surface area (Å²) in [5.41, 5.74) is 1.04. The molecule has 1 saturated heterocycles. The van der Waals surface area contributed by atoms with Gasteiger partial charge in [-0.2, -0.15) is 8.42 Å². The molecule has 0 bridgehead atoms. The Bertz CT molecular complexity index is 1270. The number of thiophene rings is 1. The second kappa shape index (κ2) is 9.77. The quantitative estimate of drug-likeness (QED) is 0.525. The van der Waals surface area contributed by atoms with Crippen LogP contribution in [0.2, 0.25) is 0 Å². The van der Waals surface area contributed by atoms with E-state index in [-0.39, 0.29) is 21.7 Å². The van der Waals surface area contributed by atoms with Crippen LogP contribution in [0.4, 0.5) is 11.4 Å². The molecule has 1 aliphatic heterocycles. The maximum atomic E-state index is 13.2. The van der Waals surface area contributed by atoms with E-state index in [1.807, 2.05) is 0 Å². The molecule has 2 aromatic carbocycles. The first-order chi connectivity index (χ1) is 15.9. The monoisotopic (exact) mass is 501 g/mol. The summed E-state index contributed by atoms with van der Waals surface area (Å²) >= 11 is 2.01. The van der Waals surface area contributed by atoms with Crippen molar-refractivity contribution in [3.05, 3.63) is 72.1 Å². The van der Waals surface area contributed by atoms with Crippen molar-refractivity contribution in [3.8, 4) is 5.75 Å². The molecule has 170 valence electrons. The van der Waals surface area contributed by atoms with Gasteiger partial charge in [-0.05, 0) is 47.8 Å². The summed E-state index contributed by atoms with van der Waals surface area (Å²) in [5, 5.41) is 3.58. The molecule has 2 amide bonds. The molecule has 8 nitrogen and oxygen atoms in total. The molecule has 0 spiro atoms. The second-order valence-electron chi connectivity index (χ2n) is 6.88. The number of nitrogens with one attached hydrogen (secondary N) is 1. The van der Waals surface area contributed by atoms with Crippen LogP contribution in [0, 0.1) is 0 Å². The first-order valence-corrected chi connectivity index (χ1v) is 13.0. The summed E-state index contributed by atoms with van der Waals surface area (Å²) in [5.74, 6) is -0.126. The number of carbonyl (C=O) groups is 2. The van der Waals surface area contributed by atoms with Crippen LogP contribution in [-0.4, -0.2) is 37.8 Å². The minimum atomic E-state index is -3.99. The average molecular weight is 502 g/mol. The largest absolute Gasteiger partial charge is 0.497 e. The van der Waals surface area contributed by atoms with Crippen LogP contribution < -0.4 is 15.0 Å². The number of benzene rings is 2. The zero-order valence-electron chi connectivity index (χ0n) is 17.4. The number of nitrogens with zero attached hydrogens (tertiary/aromatic N) is 2. The highest BCUT2D eigenvalue weighted by atomic mass is 32.2. The third-order valence-electron chi connectivity index (χ3n) is 4.64. The van der Waals surface area contributed by atoms with Gasteiger partial charge in [0.15, 0.2) is 5.17 Å². The summed E-state index contributed by atoms with van der Waals surface area (Å²) in [6, 6.07) is 18.5. The van der Waals surface area contributed by atoms with E-state index in [4.69, 9.17) is 4.74 Å². The highest BCUT2D eigenvalue weighted by Crippen LogP contribution is 2.35. The molecule has 1 N–H and O–H groups in total. The molecule has 11 heteroatoms. The Balaban J connectivity index is 1.57. The van der Waals surface area contributed by atoms with Gasteiger partial charge in [0, 0.05) is 12.1 Å². The van der Waals surface area contributed by atoms with E-state index < -0.39 is 21.2 Å². The Morgan fingerprint density at radius 2 is 1.82 bits per heavy atom. The van der Waals surface area contributed by atoms with Crippen molar-refractivity contribution in [1.29, 1.82) is 0 Å². The summed E-state index contributed by atoms with van der Waals surface area (Å²) in [6.45, 7) is 0. The van der Waals surface area contributed by atoms with Gasteiger partial charge in [0.05, 0.1) is 12.8 Å². The van der Waals surface area contributed by atoms with Crippen LogP contribution in [0.1, 0.15) is 6.42 Å². The van der Waals surface area contributed by atoms with Gasteiger partial charge in [-0.3, -0.25) is 14.5 Å². The van der Waals surface area contributed by atoms with Crippen molar-refractivity contribution in [2.45, 2.75) is 15.9 Å². The van der Waals surface area contributed by atoms with Crippen molar-refractivity contribution in [3.63, 3.8) is 0 Å². The number of para-hydroxylation sites is 1. The molecule has 1 fully saturated rings. The lowest BCUT2D eigenvalue weighted by molar-refractivity contribution is -0.121. The van der Waals surface area contributed by atoms with Gasteiger partial charge in [0.25, 0.3) is 10.0 Å². The van der Waals surface area contributed by atoms with Crippen LogP contribution >= 0.6 is 23.1 Å². The zero-order chi connectivity index (χ0) is 23.4. The highest BCUT2D eigenvalue weighted by Gasteiger charge is 2.41. The fraction of sp³-hybridized carbons (Fsp3) is 0.136. The SMILES string of the molecule is COc1ccc(NC(=O)CC2S/C(=N\S(=O)(=O)c3cccs3)N(c3ccccc3)C2=O)cc1. The fourth-order valence-electron chi connectivity index (χ4n) is 3.09. The van der Waals surface area contributed by atoms with Crippen LogP contribution in [0.5, 0.6) is 5.75 Å². The van der Waals surface area contributed by atoms with E-state index in [2.05, 4.69) is 9.71 Å². The lowest BCUT2D eigenvalue weighted by atomic mass is 10.2. The molecule has 0 aliphatic carbocycles. The Kier molecular flexibility index (Phi) is 6.82. The predicted octanol–water partition coefficient (Wildman–Crippen LogP) is 3.98. The van der Waals surface area contributed by atoms with Crippen molar-refractivity contribution >= 4 is 61.5 Å². The number of methoxy groups -OCH3 is 1. The van der Waals surface area contributed by atoms with E-state index in [0.717, 1.165) is 23.1 Å². The van der Waals surface area contributed by atoms with E-state index in [1.54, 1.807) is 73.2 Å². The number of hydrogen-bond acceptors (Lipinski definition) is 7. The third kappa shape index (κ3) is 5.27. The Hall–Kier alpha value is -3.15. The molecule has 1 unspecified atom stereocenters. The molecular formula is C22H19N3O5S3. The minimum Gasteiger partial charge on any atom is -0.497 e. The third-order valence-corrected chi connectivity index (χ3v) is 8.53.